The molecule has 146 valence electrons. The molecule has 0 saturated carbocycles. The number of rotatable bonds is 7. The van der Waals surface area contributed by atoms with Crippen molar-refractivity contribution in [2.75, 3.05) is 24.9 Å². The van der Waals surface area contributed by atoms with E-state index in [9.17, 15) is 13.2 Å². The maximum Gasteiger partial charge on any atom is 0.304 e. The standard InChI is InChI=1S/C20H27N3O3S/c1-15-7-6-8-18(11-15)13-21-20(24)14-23(27(25,26)22(4)5)19-12-16(2)9-10-17(19)3/h6-12H,13-14H2,1-5H3,(H,21,24). The molecule has 0 spiro atoms. The zero-order chi connectivity index (χ0) is 20.2. The molecule has 0 aromatic heterocycles. The highest BCUT2D eigenvalue weighted by Crippen LogP contribution is 2.25. The lowest BCUT2D eigenvalue weighted by molar-refractivity contribution is -0.119. The summed E-state index contributed by atoms with van der Waals surface area (Å²) in [6, 6.07) is 13.4. The highest BCUT2D eigenvalue weighted by molar-refractivity contribution is 7.90. The lowest BCUT2D eigenvalue weighted by atomic mass is 10.1. The van der Waals surface area contributed by atoms with Crippen LogP contribution in [0.2, 0.25) is 0 Å². The smallest absolute Gasteiger partial charge is 0.304 e. The highest BCUT2D eigenvalue weighted by Gasteiger charge is 2.28. The molecule has 0 aliphatic carbocycles. The predicted molar refractivity (Wildman–Crippen MR) is 109 cm³/mol. The summed E-state index contributed by atoms with van der Waals surface area (Å²) < 4.78 is 27.9. The lowest BCUT2D eigenvalue weighted by Crippen LogP contribution is -2.46. The molecule has 2 aromatic carbocycles. The summed E-state index contributed by atoms with van der Waals surface area (Å²) >= 11 is 0. The van der Waals surface area contributed by atoms with E-state index in [-0.39, 0.29) is 12.5 Å². The Morgan fingerprint density at radius 2 is 1.67 bits per heavy atom. The van der Waals surface area contributed by atoms with Crippen LogP contribution in [0.25, 0.3) is 0 Å². The second-order valence-electron chi connectivity index (χ2n) is 6.85. The van der Waals surface area contributed by atoms with Crippen LogP contribution >= 0.6 is 0 Å². The topological polar surface area (TPSA) is 69.7 Å². The first-order chi connectivity index (χ1) is 12.6. The number of anilines is 1. The van der Waals surface area contributed by atoms with Crippen molar-refractivity contribution in [3.05, 3.63) is 64.7 Å². The van der Waals surface area contributed by atoms with E-state index in [4.69, 9.17) is 0 Å². The number of nitrogens with zero attached hydrogens (tertiary/aromatic N) is 2. The second-order valence-corrected chi connectivity index (χ2v) is 8.92. The Kier molecular flexibility index (Phi) is 6.62. The summed E-state index contributed by atoms with van der Waals surface area (Å²) in [6.45, 7) is 5.77. The van der Waals surface area contributed by atoms with Crippen molar-refractivity contribution < 1.29 is 13.2 Å². The molecule has 27 heavy (non-hydrogen) atoms. The maximum atomic E-state index is 12.8. The Bertz CT molecular complexity index is 924. The highest BCUT2D eigenvalue weighted by atomic mass is 32.2. The van der Waals surface area contributed by atoms with Crippen LogP contribution in [0.15, 0.2) is 42.5 Å². The normalized spacial score (nSPS) is 11.5. The fourth-order valence-electron chi connectivity index (χ4n) is 2.69. The Morgan fingerprint density at radius 3 is 2.30 bits per heavy atom. The van der Waals surface area contributed by atoms with Gasteiger partial charge in [0.05, 0.1) is 5.69 Å². The van der Waals surface area contributed by atoms with Crippen molar-refractivity contribution in [3.63, 3.8) is 0 Å². The van der Waals surface area contributed by atoms with Crippen LogP contribution in [0.4, 0.5) is 5.69 Å². The van der Waals surface area contributed by atoms with Gasteiger partial charge in [0, 0.05) is 20.6 Å². The third-order valence-electron chi connectivity index (χ3n) is 4.23. The van der Waals surface area contributed by atoms with Crippen molar-refractivity contribution >= 4 is 21.8 Å². The van der Waals surface area contributed by atoms with Crippen LogP contribution in [0.1, 0.15) is 22.3 Å². The predicted octanol–water partition coefficient (Wildman–Crippen LogP) is 2.54. The first kappa shape index (κ1) is 20.9. The molecule has 6 nitrogen and oxygen atoms in total. The number of carbonyl (C=O) groups is 1. The molecule has 0 bridgehead atoms. The third kappa shape index (κ3) is 5.30. The molecule has 0 atom stereocenters. The number of nitrogens with one attached hydrogen (secondary N) is 1. The first-order valence-corrected chi connectivity index (χ1v) is 10.1. The number of aryl methyl sites for hydroxylation is 3. The van der Waals surface area contributed by atoms with Crippen molar-refractivity contribution in [1.82, 2.24) is 9.62 Å². The van der Waals surface area contributed by atoms with E-state index >= 15 is 0 Å². The van der Waals surface area contributed by atoms with E-state index < -0.39 is 10.2 Å². The second kappa shape index (κ2) is 8.54. The minimum absolute atomic E-state index is 0.281. The van der Waals surface area contributed by atoms with Gasteiger partial charge in [0.15, 0.2) is 0 Å². The van der Waals surface area contributed by atoms with Gasteiger partial charge in [-0.3, -0.25) is 4.79 Å². The summed E-state index contributed by atoms with van der Waals surface area (Å²) in [7, 11) is -0.897. The van der Waals surface area contributed by atoms with E-state index in [1.807, 2.05) is 57.2 Å². The largest absolute Gasteiger partial charge is 0.350 e. The van der Waals surface area contributed by atoms with Crippen molar-refractivity contribution in [3.8, 4) is 0 Å². The van der Waals surface area contributed by atoms with Crippen LogP contribution in [-0.4, -0.2) is 39.3 Å². The quantitative estimate of drug-likeness (QED) is 0.791. The summed E-state index contributed by atoms with van der Waals surface area (Å²) in [5.41, 5.74) is 4.30. The summed E-state index contributed by atoms with van der Waals surface area (Å²) in [5, 5.41) is 2.81. The van der Waals surface area contributed by atoms with E-state index in [1.54, 1.807) is 6.07 Å². The lowest BCUT2D eigenvalue weighted by Gasteiger charge is -2.28. The summed E-state index contributed by atoms with van der Waals surface area (Å²) in [4.78, 5) is 12.5. The monoisotopic (exact) mass is 389 g/mol. The maximum absolute atomic E-state index is 12.8. The Labute approximate surface area is 162 Å². The molecule has 0 aliphatic heterocycles. The SMILES string of the molecule is Cc1cccc(CNC(=O)CN(c2cc(C)ccc2C)S(=O)(=O)N(C)C)c1. The molecule has 7 heteroatoms. The number of carbonyl (C=O) groups excluding carboxylic acids is 1. The molecule has 2 rings (SSSR count). The van der Waals surface area contributed by atoms with Crippen molar-refractivity contribution in [2.24, 2.45) is 0 Å². The van der Waals surface area contributed by atoms with E-state index in [0.717, 1.165) is 30.9 Å². The number of hydrogen-bond donors (Lipinski definition) is 1. The molecule has 2 aromatic rings. The number of benzene rings is 2. The van der Waals surface area contributed by atoms with E-state index in [2.05, 4.69) is 5.32 Å². The summed E-state index contributed by atoms with van der Waals surface area (Å²) in [6.07, 6.45) is 0. The fourth-order valence-corrected chi connectivity index (χ4v) is 3.81. The van der Waals surface area contributed by atoms with Gasteiger partial charge in [-0.25, -0.2) is 4.31 Å². The van der Waals surface area contributed by atoms with Crippen LogP contribution in [0, 0.1) is 20.8 Å². The zero-order valence-corrected chi connectivity index (χ0v) is 17.3. The molecule has 0 saturated heterocycles. The van der Waals surface area contributed by atoms with Gasteiger partial charge in [0.2, 0.25) is 5.91 Å². The molecule has 0 radical (unpaired) electrons. The average molecular weight is 390 g/mol. The molecular weight excluding hydrogens is 362 g/mol. The number of hydrogen-bond acceptors (Lipinski definition) is 3. The van der Waals surface area contributed by atoms with Crippen molar-refractivity contribution in [2.45, 2.75) is 27.3 Å². The van der Waals surface area contributed by atoms with Gasteiger partial charge in [0.1, 0.15) is 6.54 Å². The molecule has 0 aliphatic rings. The molecule has 1 N–H and O–H groups in total. The Morgan fingerprint density at radius 1 is 1.00 bits per heavy atom. The Hall–Kier alpha value is -2.38. The van der Waals surface area contributed by atoms with Gasteiger partial charge in [-0.2, -0.15) is 12.7 Å². The first-order valence-electron chi connectivity index (χ1n) is 8.71. The molecule has 0 unspecified atom stereocenters. The van der Waals surface area contributed by atoms with Gasteiger partial charge in [0.25, 0.3) is 0 Å². The van der Waals surface area contributed by atoms with Crippen LogP contribution in [0.3, 0.4) is 0 Å². The van der Waals surface area contributed by atoms with E-state index in [1.165, 1.54) is 14.1 Å². The van der Waals surface area contributed by atoms with Gasteiger partial charge in [-0.1, -0.05) is 42.0 Å². The van der Waals surface area contributed by atoms with Crippen molar-refractivity contribution in [1.29, 1.82) is 0 Å². The summed E-state index contributed by atoms with van der Waals surface area (Å²) in [5.74, 6) is -0.358. The van der Waals surface area contributed by atoms with Gasteiger partial charge < -0.3 is 5.32 Å². The van der Waals surface area contributed by atoms with Gasteiger partial charge >= 0.3 is 10.2 Å². The molecule has 0 heterocycles. The molecule has 0 fully saturated rings. The number of amides is 1. The van der Waals surface area contributed by atoms with Crippen LogP contribution in [0.5, 0.6) is 0 Å². The third-order valence-corrected chi connectivity index (χ3v) is 6.04. The minimum Gasteiger partial charge on any atom is -0.350 e. The Balaban J connectivity index is 2.24. The van der Waals surface area contributed by atoms with Gasteiger partial charge in [-0.15, -0.1) is 0 Å². The van der Waals surface area contributed by atoms with Crippen LogP contribution in [-0.2, 0) is 21.5 Å². The van der Waals surface area contributed by atoms with Gasteiger partial charge in [-0.05, 0) is 43.5 Å². The molecule has 1 amide bonds. The van der Waals surface area contributed by atoms with E-state index in [0.29, 0.717) is 12.2 Å². The molecular formula is C20H27N3O3S. The zero-order valence-electron chi connectivity index (χ0n) is 16.5. The fraction of sp³-hybridized carbons (Fsp3) is 0.350. The van der Waals surface area contributed by atoms with Crippen LogP contribution < -0.4 is 9.62 Å². The average Bonchev–Trinajstić information content (AvgIpc) is 2.60. The minimum atomic E-state index is -3.81.